The van der Waals surface area contributed by atoms with Crippen LogP contribution in [0, 0.1) is 5.92 Å². The van der Waals surface area contributed by atoms with Gasteiger partial charge in [-0.05, 0) is 92.3 Å². The Morgan fingerprint density at radius 3 is 1.82 bits per heavy atom. The largest absolute Gasteiger partial charge is 0.493 e. The monoisotopic (exact) mass is 552 g/mol. The summed E-state index contributed by atoms with van der Waals surface area (Å²) in [7, 11) is 0. The van der Waals surface area contributed by atoms with Crippen LogP contribution in [-0.2, 0) is 38.3 Å². The number of rotatable bonds is 18. The van der Waals surface area contributed by atoms with E-state index in [9.17, 15) is 19.8 Å². The SMILES string of the molecule is C=C(C)C(=O)OCCCc1cc(-c2ccccc2CC)cc(CCCOC(=O)C(=C)C)c1OCCC(CO)CO. The highest BCUT2D eigenvalue weighted by molar-refractivity contribution is 5.87. The van der Waals surface area contributed by atoms with Crippen LogP contribution in [0.4, 0.5) is 0 Å². The second-order valence-electron chi connectivity index (χ2n) is 10.0. The normalized spacial score (nSPS) is 10.8. The van der Waals surface area contributed by atoms with E-state index in [-0.39, 0.29) is 32.3 Å². The predicted molar refractivity (Wildman–Crippen MR) is 157 cm³/mol. The van der Waals surface area contributed by atoms with Crippen LogP contribution in [0.2, 0.25) is 0 Å². The average Bonchev–Trinajstić information content (AvgIpc) is 2.95. The van der Waals surface area contributed by atoms with Crippen molar-refractivity contribution in [2.75, 3.05) is 33.0 Å². The lowest BCUT2D eigenvalue weighted by Crippen LogP contribution is -2.16. The molecule has 0 saturated heterocycles. The minimum absolute atomic E-state index is 0.117. The van der Waals surface area contributed by atoms with Gasteiger partial charge in [0.15, 0.2) is 0 Å². The second kappa shape index (κ2) is 17.3. The van der Waals surface area contributed by atoms with Crippen molar-refractivity contribution >= 4 is 11.9 Å². The Bertz CT molecular complexity index is 1090. The number of hydrogen-bond donors (Lipinski definition) is 2. The molecule has 0 unspecified atom stereocenters. The number of benzene rings is 2. The number of aryl methyl sites for hydroxylation is 3. The summed E-state index contributed by atoms with van der Waals surface area (Å²) >= 11 is 0. The van der Waals surface area contributed by atoms with Crippen molar-refractivity contribution in [3.05, 3.63) is 77.4 Å². The molecule has 40 heavy (non-hydrogen) atoms. The van der Waals surface area contributed by atoms with Crippen LogP contribution in [0.15, 0.2) is 60.7 Å². The molecule has 0 aromatic heterocycles. The molecule has 218 valence electrons. The molecular weight excluding hydrogens is 508 g/mol. The third-order valence-corrected chi connectivity index (χ3v) is 6.59. The van der Waals surface area contributed by atoms with Gasteiger partial charge in [0, 0.05) is 30.3 Å². The molecule has 2 aromatic rings. The molecule has 0 atom stereocenters. The maximum Gasteiger partial charge on any atom is 0.333 e. The first-order valence-corrected chi connectivity index (χ1v) is 14.0. The van der Waals surface area contributed by atoms with Crippen LogP contribution in [-0.4, -0.2) is 55.2 Å². The first-order valence-electron chi connectivity index (χ1n) is 14.0. The molecule has 0 fully saturated rings. The minimum atomic E-state index is -0.411. The zero-order valence-corrected chi connectivity index (χ0v) is 24.2. The fourth-order valence-electron chi connectivity index (χ4n) is 4.25. The molecular formula is C33H44O7. The molecule has 2 N–H and O–H groups in total. The molecule has 0 amide bonds. The van der Waals surface area contributed by atoms with Gasteiger partial charge in [-0.2, -0.15) is 0 Å². The highest BCUT2D eigenvalue weighted by Crippen LogP contribution is 2.35. The highest BCUT2D eigenvalue weighted by Gasteiger charge is 2.17. The number of aliphatic hydroxyl groups excluding tert-OH is 2. The molecule has 2 rings (SSSR count). The lowest BCUT2D eigenvalue weighted by Gasteiger charge is -2.20. The number of esters is 2. The molecule has 7 heteroatoms. The van der Waals surface area contributed by atoms with Crippen LogP contribution in [0.3, 0.4) is 0 Å². The number of aliphatic hydroxyl groups is 2. The molecule has 0 saturated carbocycles. The molecule has 7 nitrogen and oxygen atoms in total. The van der Waals surface area contributed by atoms with Crippen molar-refractivity contribution in [2.45, 2.75) is 59.3 Å². The van der Waals surface area contributed by atoms with Gasteiger partial charge in [0.05, 0.1) is 19.8 Å². The maximum atomic E-state index is 11.9. The van der Waals surface area contributed by atoms with Gasteiger partial charge < -0.3 is 24.4 Å². The average molecular weight is 553 g/mol. The summed E-state index contributed by atoms with van der Waals surface area (Å²) < 4.78 is 17.0. The predicted octanol–water partition coefficient (Wildman–Crippen LogP) is 5.39. The quantitative estimate of drug-likeness (QED) is 0.145. The fraction of sp³-hybridized carbons (Fsp3) is 0.455. The van der Waals surface area contributed by atoms with Crippen molar-refractivity contribution < 1.29 is 34.0 Å². The summed E-state index contributed by atoms with van der Waals surface area (Å²) in [6.07, 6.45) is 3.80. The Hall–Kier alpha value is -3.42. The van der Waals surface area contributed by atoms with E-state index in [0.29, 0.717) is 49.9 Å². The van der Waals surface area contributed by atoms with E-state index in [1.807, 2.05) is 12.1 Å². The standard InChI is InChI=1S/C33H44O7/c1-6-26-11-7-8-14-30(26)29-19-27(12-9-16-39-32(36)23(2)3)31(38-18-15-25(21-34)22-35)28(20-29)13-10-17-40-33(37)24(4)5/h7-8,11,14,19-20,25,34-35H,2,4,6,9-10,12-13,15-18,21-22H2,1,3,5H3. The van der Waals surface area contributed by atoms with E-state index in [2.05, 4.69) is 44.3 Å². The van der Waals surface area contributed by atoms with Crippen LogP contribution in [0.25, 0.3) is 11.1 Å². The minimum Gasteiger partial charge on any atom is -0.493 e. The van der Waals surface area contributed by atoms with Crippen LogP contribution in [0.1, 0.15) is 56.7 Å². The van der Waals surface area contributed by atoms with Gasteiger partial charge in [0.1, 0.15) is 5.75 Å². The van der Waals surface area contributed by atoms with Crippen molar-refractivity contribution in [3.8, 4) is 16.9 Å². The maximum absolute atomic E-state index is 11.9. The number of carbonyl (C=O) groups is 2. The van der Waals surface area contributed by atoms with Gasteiger partial charge in [-0.15, -0.1) is 0 Å². The first kappa shape index (κ1) is 32.8. The van der Waals surface area contributed by atoms with E-state index in [1.54, 1.807) is 13.8 Å². The third-order valence-electron chi connectivity index (χ3n) is 6.59. The highest BCUT2D eigenvalue weighted by atomic mass is 16.5. The molecule has 0 aliphatic rings. The molecule has 0 spiro atoms. The summed E-state index contributed by atoms with van der Waals surface area (Å²) in [5, 5.41) is 19.0. The summed E-state index contributed by atoms with van der Waals surface area (Å²) in [4.78, 5) is 23.7. The molecule has 0 aliphatic carbocycles. The van der Waals surface area contributed by atoms with E-state index >= 15 is 0 Å². The molecule has 0 aliphatic heterocycles. The topological polar surface area (TPSA) is 102 Å². The Morgan fingerprint density at radius 2 is 1.35 bits per heavy atom. The van der Waals surface area contributed by atoms with Gasteiger partial charge in [0.25, 0.3) is 0 Å². The number of carbonyl (C=O) groups excluding carboxylic acids is 2. The van der Waals surface area contributed by atoms with Gasteiger partial charge in [-0.3, -0.25) is 0 Å². The lowest BCUT2D eigenvalue weighted by molar-refractivity contribution is -0.139. The van der Waals surface area contributed by atoms with Crippen LogP contribution < -0.4 is 4.74 Å². The first-order chi connectivity index (χ1) is 19.2. The third kappa shape index (κ3) is 10.3. The van der Waals surface area contributed by atoms with Crippen LogP contribution >= 0.6 is 0 Å². The van der Waals surface area contributed by atoms with Crippen molar-refractivity contribution in [2.24, 2.45) is 5.92 Å². The molecule has 0 bridgehead atoms. The van der Waals surface area contributed by atoms with E-state index in [4.69, 9.17) is 14.2 Å². The zero-order valence-electron chi connectivity index (χ0n) is 24.2. The second-order valence-corrected chi connectivity index (χ2v) is 10.0. The number of ether oxygens (including phenoxy) is 3. The summed E-state index contributed by atoms with van der Waals surface area (Å²) in [5.74, 6) is -0.340. The van der Waals surface area contributed by atoms with Gasteiger partial charge >= 0.3 is 11.9 Å². The smallest absolute Gasteiger partial charge is 0.333 e. The van der Waals surface area contributed by atoms with E-state index < -0.39 is 11.9 Å². The summed E-state index contributed by atoms with van der Waals surface area (Å²) in [6.45, 7) is 13.2. The fourth-order valence-corrected chi connectivity index (χ4v) is 4.25. The van der Waals surface area contributed by atoms with Crippen molar-refractivity contribution in [1.29, 1.82) is 0 Å². The zero-order chi connectivity index (χ0) is 29.5. The number of hydrogen-bond acceptors (Lipinski definition) is 7. The van der Waals surface area contributed by atoms with Crippen LogP contribution in [0.5, 0.6) is 5.75 Å². The summed E-state index contributed by atoms with van der Waals surface area (Å²) in [6, 6.07) is 12.5. The van der Waals surface area contributed by atoms with Crippen molar-refractivity contribution in [1.82, 2.24) is 0 Å². The van der Waals surface area contributed by atoms with Gasteiger partial charge in [-0.25, -0.2) is 9.59 Å². The van der Waals surface area contributed by atoms with Crippen molar-refractivity contribution in [3.63, 3.8) is 0 Å². The Kier molecular flexibility index (Phi) is 14.2. The summed E-state index contributed by atoms with van der Waals surface area (Å²) in [5.41, 5.74) is 6.12. The van der Waals surface area contributed by atoms with Gasteiger partial charge in [0.2, 0.25) is 0 Å². The Balaban J connectivity index is 2.42. The lowest BCUT2D eigenvalue weighted by atomic mass is 9.91. The Labute approximate surface area is 238 Å². The van der Waals surface area contributed by atoms with Gasteiger partial charge in [-0.1, -0.05) is 44.3 Å². The van der Waals surface area contributed by atoms with E-state index in [0.717, 1.165) is 34.4 Å². The molecule has 2 aromatic carbocycles. The molecule has 0 heterocycles. The molecule has 0 radical (unpaired) electrons. The Morgan fingerprint density at radius 1 is 0.825 bits per heavy atom. The van der Waals surface area contributed by atoms with E-state index in [1.165, 1.54) is 5.56 Å².